The maximum absolute atomic E-state index is 3.22. The number of rotatable bonds is 0. The van der Waals surface area contributed by atoms with Gasteiger partial charge < -0.3 is 5.32 Å². The maximum Gasteiger partial charge on any atom is 0.0220 e. The van der Waals surface area contributed by atoms with Crippen molar-refractivity contribution in [2.75, 3.05) is 0 Å². The van der Waals surface area contributed by atoms with E-state index in [1.54, 1.807) is 0 Å². The van der Waals surface area contributed by atoms with E-state index in [9.17, 15) is 0 Å². The van der Waals surface area contributed by atoms with Crippen LogP contribution >= 0.6 is 0 Å². The third-order valence-corrected chi connectivity index (χ3v) is 1.74. The SMILES string of the molecule is C1=CNC2=C(C=CC2)C1. The minimum atomic E-state index is 1.10. The van der Waals surface area contributed by atoms with Crippen LogP contribution in [-0.4, -0.2) is 0 Å². The smallest absolute Gasteiger partial charge is 0.0220 e. The van der Waals surface area contributed by atoms with Crippen LogP contribution < -0.4 is 5.32 Å². The first-order chi connectivity index (χ1) is 4.47. The van der Waals surface area contributed by atoms with Crippen molar-refractivity contribution >= 4 is 0 Å². The number of dihydropyridines is 1. The van der Waals surface area contributed by atoms with Gasteiger partial charge in [0, 0.05) is 12.1 Å². The van der Waals surface area contributed by atoms with Crippen molar-refractivity contribution in [3.8, 4) is 0 Å². The van der Waals surface area contributed by atoms with Gasteiger partial charge in [-0.25, -0.2) is 0 Å². The van der Waals surface area contributed by atoms with Crippen LogP contribution in [0, 0.1) is 0 Å². The van der Waals surface area contributed by atoms with Gasteiger partial charge in [-0.15, -0.1) is 0 Å². The van der Waals surface area contributed by atoms with Crippen LogP contribution in [-0.2, 0) is 0 Å². The molecule has 0 saturated carbocycles. The summed E-state index contributed by atoms with van der Waals surface area (Å²) >= 11 is 0. The summed E-state index contributed by atoms with van der Waals surface area (Å²) in [7, 11) is 0. The lowest BCUT2D eigenvalue weighted by molar-refractivity contribution is 0.945. The van der Waals surface area contributed by atoms with Crippen LogP contribution in [0.5, 0.6) is 0 Å². The molecule has 1 heterocycles. The first-order valence-electron chi connectivity index (χ1n) is 3.27. The van der Waals surface area contributed by atoms with Gasteiger partial charge in [-0.1, -0.05) is 18.2 Å². The lowest BCUT2D eigenvalue weighted by Gasteiger charge is -2.09. The van der Waals surface area contributed by atoms with Crippen molar-refractivity contribution in [2.45, 2.75) is 12.8 Å². The van der Waals surface area contributed by atoms with E-state index in [1.807, 2.05) is 6.20 Å². The van der Waals surface area contributed by atoms with E-state index >= 15 is 0 Å². The molecular formula is C8H9N. The monoisotopic (exact) mass is 119 g/mol. The van der Waals surface area contributed by atoms with Crippen LogP contribution in [0.4, 0.5) is 0 Å². The van der Waals surface area contributed by atoms with E-state index < -0.39 is 0 Å². The molecule has 0 bridgehead atoms. The van der Waals surface area contributed by atoms with E-state index in [1.165, 1.54) is 11.3 Å². The average Bonchev–Trinajstić information content (AvgIpc) is 2.33. The molecule has 0 atom stereocenters. The molecule has 1 heteroatoms. The summed E-state index contributed by atoms with van der Waals surface area (Å²) < 4.78 is 0. The van der Waals surface area contributed by atoms with Crippen LogP contribution in [0.3, 0.4) is 0 Å². The van der Waals surface area contributed by atoms with Crippen molar-refractivity contribution in [1.82, 2.24) is 5.32 Å². The number of hydrogen-bond acceptors (Lipinski definition) is 1. The van der Waals surface area contributed by atoms with Gasteiger partial charge in [-0.2, -0.15) is 0 Å². The zero-order valence-electron chi connectivity index (χ0n) is 5.22. The molecule has 0 amide bonds. The molecule has 0 spiro atoms. The van der Waals surface area contributed by atoms with Crippen LogP contribution in [0.1, 0.15) is 12.8 Å². The van der Waals surface area contributed by atoms with Gasteiger partial charge in [0.15, 0.2) is 0 Å². The number of nitrogens with one attached hydrogen (secondary N) is 1. The Morgan fingerprint density at radius 1 is 1.22 bits per heavy atom. The summed E-state index contributed by atoms with van der Waals surface area (Å²) in [6.45, 7) is 0. The fourth-order valence-electron chi connectivity index (χ4n) is 1.24. The second kappa shape index (κ2) is 1.76. The standard InChI is InChI=1S/C8H9N/c1-3-7-4-2-6-9-8(7)5-1/h1-3,6,9H,4-5H2. The minimum Gasteiger partial charge on any atom is -0.365 e. The maximum atomic E-state index is 3.22. The third-order valence-electron chi connectivity index (χ3n) is 1.74. The Bertz CT molecular complexity index is 209. The van der Waals surface area contributed by atoms with Crippen LogP contribution in [0.25, 0.3) is 0 Å². The first-order valence-corrected chi connectivity index (χ1v) is 3.27. The van der Waals surface area contributed by atoms with Crippen molar-refractivity contribution in [3.63, 3.8) is 0 Å². The Labute approximate surface area is 54.8 Å². The molecular weight excluding hydrogens is 110 g/mol. The average molecular weight is 119 g/mol. The summed E-state index contributed by atoms with van der Waals surface area (Å²) in [5, 5.41) is 3.22. The molecule has 1 aliphatic heterocycles. The van der Waals surface area contributed by atoms with Crippen molar-refractivity contribution in [2.24, 2.45) is 0 Å². The lowest BCUT2D eigenvalue weighted by atomic mass is 10.1. The molecule has 0 radical (unpaired) electrons. The minimum absolute atomic E-state index is 1.10. The van der Waals surface area contributed by atoms with Gasteiger partial charge in [0.1, 0.15) is 0 Å². The van der Waals surface area contributed by atoms with Crippen LogP contribution in [0.15, 0.2) is 35.7 Å². The number of hydrogen-bond donors (Lipinski definition) is 1. The van der Waals surface area contributed by atoms with Gasteiger partial charge >= 0.3 is 0 Å². The molecule has 1 aliphatic carbocycles. The van der Waals surface area contributed by atoms with Gasteiger partial charge in [-0.05, 0) is 18.2 Å². The second-order valence-corrected chi connectivity index (χ2v) is 2.36. The van der Waals surface area contributed by atoms with E-state index in [0.29, 0.717) is 0 Å². The lowest BCUT2D eigenvalue weighted by Crippen LogP contribution is -2.07. The highest BCUT2D eigenvalue weighted by Gasteiger charge is 2.08. The molecule has 0 fully saturated rings. The summed E-state index contributed by atoms with van der Waals surface area (Å²) in [5.41, 5.74) is 2.84. The van der Waals surface area contributed by atoms with Crippen LogP contribution in [0.2, 0.25) is 0 Å². The molecule has 1 N–H and O–H groups in total. The largest absolute Gasteiger partial charge is 0.365 e. The fraction of sp³-hybridized carbons (Fsp3) is 0.250. The summed E-state index contributed by atoms with van der Waals surface area (Å²) in [5.74, 6) is 0. The number of allylic oxidation sites excluding steroid dienone is 4. The Balaban J connectivity index is 2.28. The zero-order valence-corrected chi connectivity index (χ0v) is 5.22. The molecule has 0 saturated heterocycles. The Hall–Kier alpha value is -0.980. The molecule has 9 heavy (non-hydrogen) atoms. The van der Waals surface area contributed by atoms with E-state index in [-0.39, 0.29) is 0 Å². The molecule has 2 aliphatic rings. The summed E-state index contributed by atoms with van der Waals surface area (Å²) in [4.78, 5) is 0. The highest BCUT2D eigenvalue weighted by atomic mass is 14.9. The molecule has 0 unspecified atom stereocenters. The molecule has 0 aromatic heterocycles. The van der Waals surface area contributed by atoms with Gasteiger partial charge in [0.05, 0.1) is 0 Å². The second-order valence-electron chi connectivity index (χ2n) is 2.36. The highest BCUT2D eigenvalue weighted by Crippen LogP contribution is 2.21. The Morgan fingerprint density at radius 3 is 3.11 bits per heavy atom. The van der Waals surface area contributed by atoms with Crippen molar-refractivity contribution in [1.29, 1.82) is 0 Å². The molecule has 2 rings (SSSR count). The predicted molar refractivity (Wildman–Crippen MR) is 37.7 cm³/mol. The van der Waals surface area contributed by atoms with Gasteiger partial charge in [0.2, 0.25) is 0 Å². The normalized spacial score (nSPS) is 22.2. The zero-order chi connectivity index (χ0) is 6.10. The third kappa shape index (κ3) is 0.689. The van der Waals surface area contributed by atoms with Crippen molar-refractivity contribution in [3.05, 3.63) is 35.7 Å². The quantitative estimate of drug-likeness (QED) is 0.512. The molecule has 1 nitrogen and oxygen atoms in total. The summed E-state index contributed by atoms with van der Waals surface area (Å²) in [6, 6.07) is 0. The Kier molecular flexibility index (Phi) is 0.950. The van der Waals surface area contributed by atoms with E-state index in [4.69, 9.17) is 0 Å². The van der Waals surface area contributed by atoms with E-state index in [0.717, 1.165) is 12.8 Å². The van der Waals surface area contributed by atoms with Gasteiger partial charge in [-0.3, -0.25) is 0 Å². The first kappa shape index (κ1) is 4.86. The summed E-state index contributed by atoms with van der Waals surface area (Å²) in [6.07, 6.45) is 10.8. The highest BCUT2D eigenvalue weighted by molar-refractivity contribution is 5.37. The molecule has 0 aromatic carbocycles. The van der Waals surface area contributed by atoms with Crippen molar-refractivity contribution < 1.29 is 0 Å². The van der Waals surface area contributed by atoms with Gasteiger partial charge in [0.25, 0.3) is 0 Å². The topological polar surface area (TPSA) is 12.0 Å². The predicted octanol–water partition coefficient (Wildman–Crippen LogP) is 1.71. The fourth-order valence-corrected chi connectivity index (χ4v) is 1.24. The van der Waals surface area contributed by atoms with E-state index in [2.05, 4.69) is 23.5 Å². The molecule has 46 valence electrons. The Morgan fingerprint density at radius 2 is 2.22 bits per heavy atom. The molecule has 0 aromatic rings.